The lowest BCUT2D eigenvalue weighted by molar-refractivity contribution is 0.443. The molecule has 5 rings (SSSR count). The lowest BCUT2D eigenvalue weighted by Crippen LogP contribution is -2.20. The van der Waals surface area contributed by atoms with E-state index in [1.165, 1.54) is 6.20 Å². The van der Waals surface area contributed by atoms with E-state index in [1.54, 1.807) is 6.07 Å². The Labute approximate surface area is 253 Å². The van der Waals surface area contributed by atoms with E-state index in [2.05, 4.69) is 72.3 Å². The highest BCUT2D eigenvalue weighted by molar-refractivity contribution is 5.99. The highest BCUT2D eigenvalue weighted by Crippen LogP contribution is 2.43. The minimum atomic E-state index is -0.480. The summed E-state index contributed by atoms with van der Waals surface area (Å²) < 4.78 is 1.93. The molecule has 2 N–H and O–H groups in total. The van der Waals surface area contributed by atoms with Crippen LogP contribution in [0.4, 0.5) is 11.4 Å². The normalized spacial score (nSPS) is 14.7. The van der Waals surface area contributed by atoms with Crippen molar-refractivity contribution in [1.29, 1.82) is 10.5 Å². The molecule has 1 atom stereocenters. The first-order chi connectivity index (χ1) is 20.5. The Bertz CT molecular complexity index is 1820. The number of nitrogens with one attached hydrogen (secondary N) is 2. The van der Waals surface area contributed by atoms with Crippen LogP contribution in [0.2, 0.25) is 0 Å². The molecule has 218 valence electrons. The zero-order valence-corrected chi connectivity index (χ0v) is 25.7. The third-order valence-corrected chi connectivity index (χ3v) is 7.74. The maximum atomic E-state index is 10.1. The highest BCUT2D eigenvalue weighted by atomic mass is 15.5. The van der Waals surface area contributed by atoms with Crippen LogP contribution in [0.1, 0.15) is 87.3 Å². The molecule has 9 nitrogen and oxygen atoms in total. The van der Waals surface area contributed by atoms with Gasteiger partial charge in [-0.15, -0.1) is 5.10 Å². The van der Waals surface area contributed by atoms with Gasteiger partial charge in [-0.1, -0.05) is 44.7 Å². The minimum Gasteiger partial charge on any atom is -0.383 e. The predicted molar refractivity (Wildman–Crippen MR) is 171 cm³/mol. The maximum absolute atomic E-state index is 10.1. The fourth-order valence-electron chi connectivity index (χ4n) is 4.98. The fourth-order valence-corrected chi connectivity index (χ4v) is 4.98. The van der Waals surface area contributed by atoms with Gasteiger partial charge in [0.1, 0.15) is 17.8 Å². The molecule has 1 fully saturated rings. The van der Waals surface area contributed by atoms with Crippen LogP contribution in [0.3, 0.4) is 0 Å². The number of anilines is 2. The van der Waals surface area contributed by atoms with Gasteiger partial charge in [-0.25, -0.2) is 4.68 Å². The molecule has 0 amide bonds. The van der Waals surface area contributed by atoms with Gasteiger partial charge >= 0.3 is 0 Å². The standard InChI is InChI=1S/C34H37N9/c1-8-9-28-26(11-10-21(2)39-28)22(3)30(29-19-43(42-41-29)34(7)12-13-34)40-25-14-23(16-35)31-27(15-25)32(24(17-36)18-37-31)38-20-33(4,5)6/h8-11,14-15,18-19,30,40H,3,12-13,20H2,1-2,4-7H3,(H,37,38)/b9-8-/t30-/m0/s1. The Hall–Kier alpha value is -5.02. The molecular formula is C34H37N9. The van der Waals surface area contributed by atoms with Crippen molar-refractivity contribution >= 4 is 33.9 Å². The first-order valence-corrected chi connectivity index (χ1v) is 14.5. The molecular weight excluding hydrogens is 534 g/mol. The van der Waals surface area contributed by atoms with Crippen molar-refractivity contribution in [2.75, 3.05) is 17.2 Å². The second kappa shape index (κ2) is 11.3. The maximum Gasteiger partial charge on any atom is 0.109 e. The number of aromatic nitrogens is 5. The van der Waals surface area contributed by atoms with E-state index >= 15 is 0 Å². The van der Waals surface area contributed by atoms with Crippen LogP contribution >= 0.6 is 0 Å². The van der Waals surface area contributed by atoms with Crippen molar-refractivity contribution in [2.24, 2.45) is 5.41 Å². The Morgan fingerprint density at radius 1 is 1.19 bits per heavy atom. The summed E-state index contributed by atoms with van der Waals surface area (Å²) in [5, 5.41) is 36.9. The number of benzene rings is 1. The van der Waals surface area contributed by atoms with Crippen molar-refractivity contribution < 1.29 is 0 Å². The summed E-state index contributed by atoms with van der Waals surface area (Å²) in [5.41, 5.74) is 6.70. The zero-order chi connectivity index (χ0) is 30.9. The van der Waals surface area contributed by atoms with E-state index in [-0.39, 0.29) is 11.0 Å². The Balaban J connectivity index is 1.64. The van der Waals surface area contributed by atoms with Crippen LogP contribution in [0.5, 0.6) is 0 Å². The number of nitrogens with zero attached hydrogens (tertiary/aromatic N) is 7. The van der Waals surface area contributed by atoms with Crippen molar-refractivity contribution in [3.8, 4) is 12.1 Å². The number of aryl methyl sites for hydroxylation is 1. The van der Waals surface area contributed by atoms with Gasteiger partial charge in [0, 0.05) is 35.1 Å². The van der Waals surface area contributed by atoms with Crippen molar-refractivity contribution in [1.82, 2.24) is 25.0 Å². The monoisotopic (exact) mass is 571 g/mol. The molecule has 0 saturated heterocycles. The predicted octanol–water partition coefficient (Wildman–Crippen LogP) is 7.14. The molecule has 3 heterocycles. The molecule has 0 unspecified atom stereocenters. The van der Waals surface area contributed by atoms with E-state index in [9.17, 15) is 10.5 Å². The highest BCUT2D eigenvalue weighted by Gasteiger charge is 2.41. The fraction of sp³-hybridized carbons (Fsp3) is 0.353. The largest absolute Gasteiger partial charge is 0.383 e. The zero-order valence-electron chi connectivity index (χ0n) is 25.7. The lowest BCUT2D eigenvalue weighted by Gasteiger charge is -2.23. The van der Waals surface area contributed by atoms with Crippen molar-refractivity contribution in [3.05, 3.63) is 83.1 Å². The minimum absolute atomic E-state index is 0.0252. The topological polar surface area (TPSA) is 128 Å². The summed E-state index contributed by atoms with van der Waals surface area (Å²) in [6.07, 6.45) is 9.53. The summed E-state index contributed by atoms with van der Waals surface area (Å²) in [7, 11) is 0. The third-order valence-electron chi connectivity index (χ3n) is 7.74. The SMILES string of the molecule is C=C(c1ccc(C)nc1/C=C\C)[C@H](Nc1cc(C#N)c2ncc(C#N)c(NCC(C)(C)C)c2c1)c1cn(C2(C)CC2)nn1. The number of fused-ring (bicyclic) bond motifs is 1. The number of rotatable bonds is 9. The van der Waals surface area contributed by atoms with Gasteiger partial charge in [0.25, 0.3) is 0 Å². The molecule has 3 aromatic heterocycles. The summed E-state index contributed by atoms with van der Waals surface area (Å²) in [6.45, 7) is 17.6. The first kappa shape index (κ1) is 29.5. The van der Waals surface area contributed by atoms with E-state index in [0.717, 1.165) is 35.4 Å². The van der Waals surface area contributed by atoms with Crippen molar-refractivity contribution in [3.63, 3.8) is 0 Å². The number of allylic oxidation sites excluding steroid dienone is 1. The quantitative estimate of drug-likeness (QED) is 0.217. The van der Waals surface area contributed by atoms with Gasteiger partial charge in [-0.05, 0) is 68.9 Å². The van der Waals surface area contributed by atoms with E-state index < -0.39 is 6.04 Å². The van der Waals surface area contributed by atoms with Crippen molar-refractivity contribution in [2.45, 2.75) is 66.0 Å². The molecule has 1 aromatic carbocycles. The van der Waals surface area contributed by atoms with Gasteiger partial charge in [-0.3, -0.25) is 9.97 Å². The Morgan fingerprint density at radius 3 is 2.58 bits per heavy atom. The lowest BCUT2D eigenvalue weighted by atomic mass is 9.95. The van der Waals surface area contributed by atoms with Gasteiger partial charge < -0.3 is 10.6 Å². The van der Waals surface area contributed by atoms with Crippen LogP contribution in [0.15, 0.2) is 49.3 Å². The van der Waals surface area contributed by atoms with Crippen LogP contribution < -0.4 is 10.6 Å². The average molecular weight is 572 g/mol. The molecule has 0 radical (unpaired) electrons. The van der Waals surface area contributed by atoms with Crippen LogP contribution in [0.25, 0.3) is 22.6 Å². The Kier molecular flexibility index (Phi) is 7.77. The van der Waals surface area contributed by atoms with Gasteiger partial charge in [-0.2, -0.15) is 10.5 Å². The molecule has 0 spiro atoms. The number of nitriles is 2. The van der Waals surface area contributed by atoms with Gasteiger partial charge in [0.15, 0.2) is 0 Å². The van der Waals surface area contributed by atoms with Crippen LogP contribution in [0, 0.1) is 35.0 Å². The average Bonchev–Trinajstić information content (AvgIpc) is 3.52. The summed E-state index contributed by atoms with van der Waals surface area (Å²) in [6, 6.07) is 11.8. The van der Waals surface area contributed by atoms with Crippen LogP contribution in [-0.2, 0) is 5.54 Å². The summed E-state index contributed by atoms with van der Waals surface area (Å²) in [5.74, 6) is 0. The number of pyridine rings is 2. The molecule has 0 bridgehead atoms. The van der Waals surface area contributed by atoms with E-state index in [0.29, 0.717) is 45.6 Å². The first-order valence-electron chi connectivity index (χ1n) is 14.5. The molecule has 43 heavy (non-hydrogen) atoms. The number of hydrogen-bond acceptors (Lipinski definition) is 8. The smallest absolute Gasteiger partial charge is 0.109 e. The molecule has 0 aliphatic heterocycles. The second-order valence-corrected chi connectivity index (χ2v) is 12.7. The second-order valence-electron chi connectivity index (χ2n) is 12.7. The summed E-state index contributed by atoms with van der Waals surface area (Å²) >= 11 is 0. The summed E-state index contributed by atoms with van der Waals surface area (Å²) in [4.78, 5) is 9.25. The number of hydrogen-bond donors (Lipinski definition) is 2. The van der Waals surface area contributed by atoms with Gasteiger partial charge in [0.05, 0.1) is 45.8 Å². The molecule has 1 saturated carbocycles. The molecule has 4 aromatic rings. The van der Waals surface area contributed by atoms with E-state index in [4.69, 9.17) is 4.98 Å². The molecule has 1 aliphatic carbocycles. The molecule has 1 aliphatic rings. The van der Waals surface area contributed by atoms with Gasteiger partial charge in [0.2, 0.25) is 0 Å². The Morgan fingerprint density at radius 2 is 1.93 bits per heavy atom. The van der Waals surface area contributed by atoms with Crippen LogP contribution in [-0.4, -0.2) is 31.5 Å². The van der Waals surface area contributed by atoms with E-state index in [1.807, 2.05) is 55.1 Å². The third kappa shape index (κ3) is 6.12. The molecule has 9 heteroatoms.